The standard InChI is InChI=1S/C20H24N2O3/c1-21-19(23)12-14-22(2)20(24)17-8-10-18(11-9-17)25-15-13-16-6-4-3-5-7-16/h3-11H,12-15H2,1-2H3,(H,21,23). The molecule has 0 spiro atoms. The highest BCUT2D eigenvalue weighted by Gasteiger charge is 2.12. The number of ether oxygens (including phenoxy) is 1. The Kier molecular flexibility index (Phi) is 7.01. The Bertz CT molecular complexity index is 684. The molecule has 2 rings (SSSR count). The van der Waals surface area contributed by atoms with Crippen LogP contribution in [-0.2, 0) is 11.2 Å². The molecule has 2 aromatic rings. The van der Waals surface area contributed by atoms with Crippen LogP contribution >= 0.6 is 0 Å². The zero-order chi connectivity index (χ0) is 18.1. The van der Waals surface area contributed by atoms with Crippen molar-refractivity contribution in [2.24, 2.45) is 0 Å². The smallest absolute Gasteiger partial charge is 0.253 e. The summed E-state index contributed by atoms with van der Waals surface area (Å²) in [5.41, 5.74) is 1.81. The van der Waals surface area contributed by atoms with Crippen LogP contribution in [0.15, 0.2) is 54.6 Å². The zero-order valence-corrected chi connectivity index (χ0v) is 14.7. The van der Waals surface area contributed by atoms with Gasteiger partial charge in [-0.3, -0.25) is 9.59 Å². The number of nitrogens with zero attached hydrogens (tertiary/aromatic N) is 1. The molecule has 0 aromatic heterocycles. The van der Waals surface area contributed by atoms with Gasteiger partial charge in [-0.05, 0) is 29.8 Å². The topological polar surface area (TPSA) is 58.6 Å². The molecule has 5 heteroatoms. The van der Waals surface area contributed by atoms with Crippen LogP contribution in [-0.4, -0.2) is 44.0 Å². The average Bonchev–Trinajstić information content (AvgIpc) is 2.66. The van der Waals surface area contributed by atoms with Crippen LogP contribution in [0.3, 0.4) is 0 Å². The van der Waals surface area contributed by atoms with Gasteiger partial charge in [-0.15, -0.1) is 0 Å². The van der Waals surface area contributed by atoms with Crippen LogP contribution in [0.5, 0.6) is 5.75 Å². The monoisotopic (exact) mass is 340 g/mol. The number of amides is 2. The summed E-state index contributed by atoms with van der Waals surface area (Å²) in [4.78, 5) is 25.1. The molecule has 0 aliphatic rings. The van der Waals surface area contributed by atoms with Gasteiger partial charge < -0.3 is 15.0 Å². The molecule has 5 nitrogen and oxygen atoms in total. The minimum absolute atomic E-state index is 0.0817. The van der Waals surface area contributed by atoms with E-state index in [0.29, 0.717) is 25.1 Å². The first kappa shape index (κ1) is 18.5. The van der Waals surface area contributed by atoms with Crippen molar-refractivity contribution in [1.29, 1.82) is 0 Å². The summed E-state index contributed by atoms with van der Waals surface area (Å²) in [6, 6.07) is 17.2. The molecule has 2 aromatic carbocycles. The van der Waals surface area contributed by atoms with Crippen molar-refractivity contribution in [2.75, 3.05) is 27.2 Å². The third-order valence-corrected chi connectivity index (χ3v) is 3.90. The van der Waals surface area contributed by atoms with E-state index >= 15 is 0 Å². The normalized spacial score (nSPS) is 10.2. The Hall–Kier alpha value is -2.82. The molecular formula is C20H24N2O3. The number of rotatable bonds is 8. The third kappa shape index (κ3) is 5.95. The second-order valence-electron chi connectivity index (χ2n) is 5.76. The molecule has 25 heavy (non-hydrogen) atoms. The van der Waals surface area contributed by atoms with E-state index in [1.165, 1.54) is 5.56 Å². The van der Waals surface area contributed by atoms with Crippen molar-refractivity contribution >= 4 is 11.8 Å². The molecule has 1 N–H and O–H groups in total. The van der Waals surface area contributed by atoms with Crippen LogP contribution in [0.2, 0.25) is 0 Å². The molecule has 0 bridgehead atoms. The Labute approximate surface area is 148 Å². The number of carbonyl (C=O) groups is 2. The number of hydrogen-bond acceptors (Lipinski definition) is 3. The van der Waals surface area contributed by atoms with E-state index in [9.17, 15) is 9.59 Å². The van der Waals surface area contributed by atoms with E-state index in [-0.39, 0.29) is 11.8 Å². The van der Waals surface area contributed by atoms with E-state index in [4.69, 9.17) is 4.74 Å². The van der Waals surface area contributed by atoms with Crippen molar-refractivity contribution in [2.45, 2.75) is 12.8 Å². The summed E-state index contributed by atoms with van der Waals surface area (Å²) in [7, 11) is 3.27. The van der Waals surface area contributed by atoms with Gasteiger partial charge in [-0.1, -0.05) is 30.3 Å². The lowest BCUT2D eigenvalue weighted by Gasteiger charge is -2.17. The summed E-state index contributed by atoms with van der Waals surface area (Å²) in [5, 5.41) is 2.54. The van der Waals surface area contributed by atoms with Gasteiger partial charge >= 0.3 is 0 Å². The quantitative estimate of drug-likeness (QED) is 0.803. The summed E-state index contributed by atoms with van der Waals surface area (Å²) >= 11 is 0. The number of hydrogen-bond donors (Lipinski definition) is 1. The van der Waals surface area contributed by atoms with Gasteiger partial charge in [-0.2, -0.15) is 0 Å². The van der Waals surface area contributed by atoms with Gasteiger partial charge in [0, 0.05) is 39.0 Å². The number of carbonyl (C=O) groups excluding carboxylic acids is 2. The first-order valence-corrected chi connectivity index (χ1v) is 8.33. The Balaban J connectivity index is 1.82. The molecule has 0 atom stereocenters. The molecule has 0 radical (unpaired) electrons. The predicted molar refractivity (Wildman–Crippen MR) is 97.7 cm³/mol. The van der Waals surface area contributed by atoms with Crippen LogP contribution in [0, 0.1) is 0 Å². The van der Waals surface area contributed by atoms with Crippen molar-refractivity contribution in [1.82, 2.24) is 10.2 Å². The maximum atomic E-state index is 12.3. The maximum absolute atomic E-state index is 12.3. The van der Waals surface area contributed by atoms with Crippen molar-refractivity contribution in [3.63, 3.8) is 0 Å². The van der Waals surface area contributed by atoms with E-state index in [2.05, 4.69) is 17.4 Å². The molecule has 0 fully saturated rings. The second kappa shape index (κ2) is 9.47. The fraction of sp³-hybridized carbons (Fsp3) is 0.300. The molecule has 0 saturated heterocycles. The Morgan fingerprint density at radius 3 is 2.36 bits per heavy atom. The molecule has 2 amide bonds. The van der Waals surface area contributed by atoms with Crippen molar-refractivity contribution in [3.8, 4) is 5.75 Å². The highest BCUT2D eigenvalue weighted by Crippen LogP contribution is 2.14. The van der Waals surface area contributed by atoms with Gasteiger partial charge in [0.05, 0.1) is 6.61 Å². The van der Waals surface area contributed by atoms with E-state index in [1.54, 1.807) is 43.3 Å². The predicted octanol–water partition coefficient (Wildman–Crippen LogP) is 2.52. The SMILES string of the molecule is CNC(=O)CCN(C)C(=O)c1ccc(OCCc2ccccc2)cc1. The lowest BCUT2D eigenvalue weighted by atomic mass is 10.1. The van der Waals surface area contributed by atoms with E-state index in [0.717, 1.165) is 12.2 Å². The van der Waals surface area contributed by atoms with Crippen LogP contribution in [0.25, 0.3) is 0 Å². The van der Waals surface area contributed by atoms with E-state index < -0.39 is 0 Å². The highest BCUT2D eigenvalue weighted by atomic mass is 16.5. The maximum Gasteiger partial charge on any atom is 0.253 e. The van der Waals surface area contributed by atoms with Gasteiger partial charge in [-0.25, -0.2) is 0 Å². The molecular weight excluding hydrogens is 316 g/mol. The van der Waals surface area contributed by atoms with Gasteiger partial charge in [0.15, 0.2) is 0 Å². The number of benzene rings is 2. The van der Waals surface area contributed by atoms with Gasteiger partial charge in [0.25, 0.3) is 5.91 Å². The highest BCUT2D eigenvalue weighted by molar-refractivity contribution is 5.94. The van der Waals surface area contributed by atoms with Crippen molar-refractivity contribution in [3.05, 3.63) is 65.7 Å². The number of nitrogens with one attached hydrogen (secondary N) is 1. The van der Waals surface area contributed by atoms with Crippen molar-refractivity contribution < 1.29 is 14.3 Å². The molecule has 0 saturated carbocycles. The molecule has 0 aliphatic carbocycles. The Morgan fingerprint density at radius 1 is 1.04 bits per heavy atom. The minimum Gasteiger partial charge on any atom is -0.493 e. The van der Waals surface area contributed by atoms with Crippen LogP contribution < -0.4 is 10.1 Å². The van der Waals surface area contributed by atoms with Crippen LogP contribution in [0.1, 0.15) is 22.3 Å². The zero-order valence-electron chi connectivity index (χ0n) is 14.7. The first-order chi connectivity index (χ1) is 12.1. The fourth-order valence-corrected chi connectivity index (χ4v) is 2.34. The Morgan fingerprint density at radius 2 is 1.72 bits per heavy atom. The summed E-state index contributed by atoms with van der Waals surface area (Å²) in [6.07, 6.45) is 1.13. The molecule has 0 aliphatic heterocycles. The third-order valence-electron chi connectivity index (χ3n) is 3.90. The average molecular weight is 340 g/mol. The second-order valence-corrected chi connectivity index (χ2v) is 5.76. The minimum atomic E-state index is -0.111. The summed E-state index contributed by atoms with van der Waals surface area (Å²) in [5.74, 6) is 0.544. The van der Waals surface area contributed by atoms with E-state index in [1.807, 2.05) is 18.2 Å². The molecule has 132 valence electrons. The molecule has 0 heterocycles. The van der Waals surface area contributed by atoms with Gasteiger partial charge in [0.2, 0.25) is 5.91 Å². The largest absolute Gasteiger partial charge is 0.493 e. The lowest BCUT2D eigenvalue weighted by Crippen LogP contribution is -2.31. The summed E-state index contributed by atoms with van der Waals surface area (Å²) in [6.45, 7) is 0.969. The fourth-order valence-electron chi connectivity index (χ4n) is 2.34. The van der Waals surface area contributed by atoms with Crippen LogP contribution in [0.4, 0.5) is 0 Å². The molecule has 0 unspecified atom stereocenters. The van der Waals surface area contributed by atoms with Gasteiger partial charge in [0.1, 0.15) is 5.75 Å². The summed E-state index contributed by atoms with van der Waals surface area (Å²) < 4.78 is 5.72. The lowest BCUT2D eigenvalue weighted by molar-refractivity contribution is -0.120. The first-order valence-electron chi connectivity index (χ1n) is 8.33.